The lowest BCUT2D eigenvalue weighted by molar-refractivity contribution is -0.384. The summed E-state index contributed by atoms with van der Waals surface area (Å²) in [6.07, 6.45) is 0.873. The minimum Gasteiger partial charge on any atom is -0.375 e. The number of anilines is 1. The molecule has 1 amide bonds. The third kappa shape index (κ3) is 3.36. The lowest BCUT2D eigenvalue weighted by Gasteiger charge is -2.32. The molecular formula is C15H21N3O4. The molecule has 1 fully saturated rings. The van der Waals surface area contributed by atoms with Gasteiger partial charge in [0.2, 0.25) is 0 Å². The lowest BCUT2D eigenvalue weighted by atomic mass is 10.1. The summed E-state index contributed by atoms with van der Waals surface area (Å²) in [5, 5.41) is 11.2. The van der Waals surface area contributed by atoms with E-state index >= 15 is 0 Å². The summed E-state index contributed by atoms with van der Waals surface area (Å²) < 4.78 is 5.55. The molecule has 7 nitrogen and oxygen atoms in total. The Bertz CT molecular complexity index is 574. The van der Waals surface area contributed by atoms with Crippen LogP contribution in [-0.2, 0) is 4.74 Å². The fourth-order valence-corrected chi connectivity index (χ4v) is 2.51. The highest BCUT2D eigenvalue weighted by atomic mass is 16.6. The Kier molecular flexibility index (Phi) is 4.97. The number of hydrogen-bond acceptors (Lipinski definition) is 5. The van der Waals surface area contributed by atoms with Crippen molar-refractivity contribution in [3.05, 3.63) is 33.9 Å². The molecule has 2 rings (SSSR count). The first-order valence-corrected chi connectivity index (χ1v) is 7.30. The van der Waals surface area contributed by atoms with Crippen LogP contribution in [-0.4, -0.2) is 55.6 Å². The van der Waals surface area contributed by atoms with Crippen LogP contribution in [0.25, 0.3) is 0 Å². The molecule has 0 aromatic heterocycles. The van der Waals surface area contributed by atoms with Gasteiger partial charge in [-0.25, -0.2) is 0 Å². The molecule has 0 saturated carbocycles. The average Bonchev–Trinajstić information content (AvgIpc) is 2.53. The molecule has 7 heteroatoms. The highest BCUT2D eigenvalue weighted by Crippen LogP contribution is 2.28. The Labute approximate surface area is 129 Å². The van der Waals surface area contributed by atoms with Gasteiger partial charge in [0.25, 0.3) is 11.6 Å². The Morgan fingerprint density at radius 1 is 1.50 bits per heavy atom. The molecule has 0 N–H and O–H groups in total. The summed E-state index contributed by atoms with van der Waals surface area (Å²) in [4.78, 5) is 26.7. The van der Waals surface area contributed by atoms with E-state index in [1.165, 1.54) is 6.07 Å². The number of ether oxygens (including phenoxy) is 1. The van der Waals surface area contributed by atoms with Crippen LogP contribution in [0.4, 0.5) is 11.4 Å². The van der Waals surface area contributed by atoms with Crippen LogP contribution in [0.1, 0.15) is 23.7 Å². The Hall–Kier alpha value is -2.15. The summed E-state index contributed by atoms with van der Waals surface area (Å²) in [7, 11) is 3.47. The first kappa shape index (κ1) is 16.2. The molecule has 22 heavy (non-hydrogen) atoms. The highest BCUT2D eigenvalue weighted by molar-refractivity contribution is 5.95. The topological polar surface area (TPSA) is 75.9 Å². The summed E-state index contributed by atoms with van der Waals surface area (Å²) in [6, 6.07) is 4.61. The predicted molar refractivity (Wildman–Crippen MR) is 83.4 cm³/mol. The molecular weight excluding hydrogens is 286 g/mol. The largest absolute Gasteiger partial charge is 0.375 e. The number of morpholine rings is 1. The number of nitro benzene ring substituents is 1. The number of carbonyl (C=O) groups is 1. The van der Waals surface area contributed by atoms with Gasteiger partial charge in [-0.3, -0.25) is 14.9 Å². The first-order chi connectivity index (χ1) is 10.4. The number of rotatable bonds is 4. The highest BCUT2D eigenvalue weighted by Gasteiger charge is 2.26. The average molecular weight is 307 g/mol. The van der Waals surface area contributed by atoms with Gasteiger partial charge in [-0.1, -0.05) is 6.92 Å². The van der Waals surface area contributed by atoms with Crippen LogP contribution in [0.5, 0.6) is 0 Å². The number of hydrogen-bond donors (Lipinski definition) is 0. The van der Waals surface area contributed by atoms with Crippen LogP contribution in [0.2, 0.25) is 0 Å². The van der Waals surface area contributed by atoms with Crippen molar-refractivity contribution in [2.75, 3.05) is 38.7 Å². The van der Waals surface area contributed by atoms with Crippen molar-refractivity contribution in [1.29, 1.82) is 0 Å². The number of nitro groups is 1. The Morgan fingerprint density at radius 3 is 2.82 bits per heavy atom. The van der Waals surface area contributed by atoms with Crippen LogP contribution in [0, 0.1) is 10.1 Å². The van der Waals surface area contributed by atoms with E-state index < -0.39 is 4.92 Å². The van der Waals surface area contributed by atoms with Crippen molar-refractivity contribution in [3.63, 3.8) is 0 Å². The number of amides is 1. The van der Waals surface area contributed by atoms with E-state index in [9.17, 15) is 14.9 Å². The SMILES string of the molecule is CCC1CN(C(=O)c2ccc(N(C)C)c([N+](=O)[O-])c2)CCO1. The van der Waals surface area contributed by atoms with E-state index in [0.29, 0.717) is 30.9 Å². The molecule has 120 valence electrons. The molecule has 1 unspecified atom stereocenters. The number of nitrogens with zero attached hydrogens (tertiary/aromatic N) is 3. The van der Waals surface area contributed by atoms with E-state index in [4.69, 9.17) is 4.74 Å². The minimum absolute atomic E-state index is 0.0359. The van der Waals surface area contributed by atoms with Crippen molar-refractivity contribution in [3.8, 4) is 0 Å². The maximum absolute atomic E-state index is 12.6. The van der Waals surface area contributed by atoms with Gasteiger partial charge in [0, 0.05) is 38.8 Å². The van der Waals surface area contributed by atoms with Gasteiger partial charge in [-0.2, -0.15) is 0 Å². The molecule has 1 aliphatic rings. The van der Waals surface area contributed by atoms with Gasteiger partial charge >= 0.3 is 0 Å². The first-order valence-electron chi connectivity index (χ1n) is 7.30. The zero-order valence-corrected chi connectivity index (χ0v) is 13.1. The maximum atomic E-state index is 12.6. The monoisotopic (exact) mass is 307 g/mol. The van der Waals surface area contributed by atoms with Crippen molar-refractivity contribution in [1.82, 2.24) is 4.90 Å². The van der Waals surface area contributed by atoms with Crippen molar-refractivity contribution >= 4 is 17.3 Å². The van der Waals surface area contributed by atoms with Crippen molar-refractivity contribution < 1.29 is 14.5 Å². The summed E-state index contributed by atoms with van der Waals surface area (Å²) in [5.41, 5.74) is 0.764. The number of benzene rings is 1. The molecule has 1 saturated heterocycles. The predicted octanol–water partition coefficient (Wildman–Crippen LogP) is 1.91. The second-order valence-corrected chi connectivity index (χ2v) is 5.51. The molecule has 0 spiro atoms. The number of carbonyl (C=O) groups excluding carboxylic acids is 1. The lowest BCUT2D eigenvalue weighted by Crippen LogP contribution is -2.45. The Balaban J connectivity index is 2.26. The van der Waals surface area contributed by atoms with Crippen LogP contribution in [0.15, 0.2) is 18.2 Å². The fourth-order valence-electron chi connectivity index (χ4n) is 2.51. The smallest absolute Gasteiger partial charge is 0.293 e. The zero-order valence-electron chi connectivity index (χ0n) is 13.1. The van der Waals surface area contributed by atoms with E-state index in [-0.39, 0.29) is 17.7 Å². The molecule has 1 aromatic rings. The second-order valence-electron chi connectivity index (χ2n) is 5.51. The maximum Gasteiger partial charge on any atom is 0.293 e. The summed E-state index contributed by atoms with van der Waals surface area (Å²) in [5.74, 6) is -0.185. The van der Waals surface area contributed by atoms with E-state index in [2.05, 4.69) is 0 Å². The van der Waals surface area contributed by atoms with Gasteiger partial charge in [-0.15, -0.1) is 0 Å². The van der Waals surface area contributed by atoms with Crippen LogP contribution < -0.4 is 4.90 Å². The zero-order chi connectivity index (χ0) is 16.3. The summed E-state index contributed by atoms with van der Waals surface area (Å²) >= 11 is 0. The molecule has 0 bridgehead atoms. The molecule has 0 radical (unpaired) electrons. The third-order valence-electron chi connectivity index (χ3n) is 3.78. The standard InChI is InChI=1S/C15H21N3O4/c1-4-12-10-17(7-8-22-12)15(19)11-5-6-13(16(2)3)14(9-11)18(20)21/h5-6,9,12H,4,7-8,10H2,1-3H3. The van der Waals surface area contributed by atoms with Crippen molar-refractivity contribution in [2.24, 2.45) is 0 Å². The van der Waals surface area contributed by atoms with Gasteiger partial charge in [0.1, 0.15) is 5.69 Å². The third-order valence-corrected chi connectivity index (χ3v) is 3.78. The fraction of sp³-hybridized carbons (Fsp3) is 0.533. The van der Waals surface area contributed by atoms with Gasteiger partial charge in [0.15, 0.2) is 0 Å². The van der Waals surface area contributed by atoms with E-state index in [1.807, 2.05) is 6.92 Å². The normalized spacial score (nSPS) is 18.1. The molecule has 1 aliphatic heterocycles. The van der Waals surface area contributed by atoms with Crippen LogP contribution in [0.3, 0.4) is 0 Å². The molecule has 1 atom stereocenters. The molecule has 1 aromatic carbocycles. The van der Waals surface area contributed by atoms with Crippen LogP contribution >= 0.6 is 0 Å². The Morgan fingerprint density at radius 2 is 2.23 bits per heavy atom. The van der Waals surface area contributed by atoms with Gasteiger partial charge in [0.05, 0.1) is 17.6 Å². The van der Waals surface area contributed by atoms with Gasteiger partial charge in [-0.05, 0) is 18.6 Å². The van der Waals surface area contributed by atoms with E-state index in [1.54, 1.807) is 36.0 Å². The van der Waals surface area contributed by atoms with Crippen molar-refractivity contribution in [2.45, 2.75) is 19.4 Å². The summed E-state index contributed by atoms with van der Waals surface area (Å²) in [6.45, 7) is 3.55. The van der Waals surface area contributed by atoms with Gasteiger partial charge < -0.3 is 14.5 Å². The minimum atomic E-state index is -0.458. The quantitative estimate of drug-likeness (QED) is 0.627. The second kappa shape index (κ2) is 6.74. The van der Waals surface area contributed by atoms with E-state index in [0.717, 1.165) is 6.42 Å². The molecule has 0 aliphatic carbocycles. The molecule has 1 heterocycles.